The van der Waals surface area contributed by atoms with Crippen LogP contribution in [0, 0.1) is 0 Å². The molecule has 6 nitrogen and oxygen atoms in total. The lowest BCUT2D eigenvalue weighted by Crippen LogP contribution is -2.30. The second-order valence-electron chi connectivity index (χ2n) is 2.75. The second kappa shape index (κ2) is 3.41. The van der Waals surface area contributed by atoms with Gasteiger partial charge in [0.1, 0.15) is 6.33 Å². The molecule has 0 saturated heterocycles. The summed E-state index contributed by atoms with van der Waals surface area (Å²) in [6, 6.07) is 6.60. The fourth-order valence-corrected chi connectivity index (χ4v) is 1.20. The summed E-state index contributed by atoms with van der Waals surface area (Å²) in [7, 11) is 0. The molecule has 6 heteroatoms. The third kappa shape index (κ3) is 1.64. The minimum absolute atomic E-state index is 0.307. The normalized spacial score (nSPS) is 10.1. The lowest BCUT2D eigenvalue weighted by Gasteiger charge is -2.02. The summed E-state index contributed by atoms with van der Waals surface area (Å²) in [6.07, 6.45) is -0.534. The van der Waals surface area contributed by atoms with Gasteiger partial charge in [0, 0.05) is 0 Å². The van der Waals surface area contributed by atoms with Crippen molar-refractivity contribution < 1.29 is 14.7 Å². The first kappa shape index (κ1) is 9.20. The smallest absolute Gasteiger partial charge is 0.448 e. The largest absolute Gasteiger partial charge is 0.531 e. The van der Waals surface area contributed by atoms with Crippen LogP contribution in [0.4, 0.5) is 4.79 Å². The number of hydrogen-bond donors (Lipinski definition) is 1. The van der Waals surface area contributed by atoms with Crippen LogP contribution >= 0.6 is 0 Å². The fraction of sp³-hybridized carbons (Fsp3) is 0. The molecule has 0 amide bonds. The Kier molecular flexibility index (Phi) is 2.09. The van der Waals surface area contributed by atoms with E-state index < -0.39 is 11.7 Å². The van der Waals surface area contributed by atoms with Crippen LogP contribution in [-0.4, -0.2) is 21.0 Å². The average Bonchev–Trinajstić information content (AvgIpc) is 2.22. The van der Waals surface area contributed by atoms with Gasteiger partial charge >= 0.3 is 6.16 Å². The van der Waals surface area contributed by atoms with E-state index in [1.807, 2.05) is 0 Å². The van der Waals surface area contributed by atoms with Crippen LogP contribution in [0.1, 0.15) is 0 Å². The average molecular weight is 206 g/mol. The lowest BCUT2D eigenvalue weighted by atomic mass is 10.2. The Morgan fingerprint density at radius 2 is 2.13 bits per heavy atom. The van der Waals surface area contributed by atoms with E-state index in [4.69, 9.17) is 5.11 Å². The van der Waals surface area contributed by atoms with Gasteiger partial charge in [0.05, 0.1) is 10.9 Å². The zero-order valence-electron chi connectivity index (χ0n) is 7.45. The van der Waals surface area contributed by atoms with Gasteiger partial charge in [-0.3, -0.25) is 9.63 Å². The molecule has 0 unspecified atom stereocenters. The highest BCUT2D eigenvalue weighted by Gasteiger charge is 2.06. The maximum atomic E-state index is 11.6. The predicted molar refractivity (Wildman–Crippen MR) is 50.6 cm³/mol. The second-order valence-corrected chi connectivity index (χ2v) is 2.75. The maximum absolute atomic E-state index is 11.6. The van der Waals surface area contributed by atoms with Crippen molar-refractivity contribution in [3.05, 3.63) is 40.9 Å². The number of fused-ring (bicyclic) bond motifs is 1. The van der Waals surface area contributed by atoms with Gasteiger partial charge in [-0.15, -0.1) is 4.73 Å². The third-order valence-electron chi connectivity index (χ3n) is 1.81. The molecule has 1 heterocycles. The number of carboxylic acid groups (broad SMARTS) is 1. The van der Waals surface area contributed by atoms with Gasteiger partial charge in [-0.1, -0.05) is 12.1 Å². The molecule has 0 fully saturated rings. The standard InChI is InChI=1S/C9H6N2O4/c12-8-6-3-1-2-4-7(6)10-5-11(8)15-9(13)14/h1-5H,(H,13,14). The summed E-state index contributed by atoms with van der Waals surface area (Å²) < 4.78 is 0.574. The highest BCUT2D eigenvalue weighted by Crippen LogP contribution is 2.03. The van der Waals surface area contributed by atoms with Crippen LogP contribution in [0.3, 0.4) is 0 Å². The van der Waals surface area contributed by atoms with Crippen molar-refractivity contribution in [3.8, 4) is 0 Å². The minimum Gasteiger partial charge on any atom is -0.448 e. The molecular formula is C9H6N2O4. The molecule has 0 aliphatic heterocycles. The number of hydrogen-bond acceptors (Lipinski definition) is 4. The predicted octanol–water partition coefficient (Wildman–Crippen LogP) is 0.503. The number of rotatable bonds is 1. The minimum atomic E-state index is -1.56. The molecule has 0 bridgehead atoms. The summed E-state index contributed by atoms with van der Waals surface area (Å²) in [6.45, 7) is 0. The Hall–Kier alpha value is -2.37. The zero-order chi connectivity index (χ0) is 10.8. The third-order valence-corrected chi connectivity index (χ3v) is 1.81. The van der Waals surface area contributed by atoms with Crippen molar-refractivity contribution in [1.82, 2.24) is 9.71 Å². The molecule has 0 spiro atoms. The van der Waals surface area contributed by atoms with Gasteiger partial charge in [0.25, 0.3) is 5.56 Å². The van der Waals surface area contributed by atoms with Crippen molar-refractivity contribution in [2.45, 2.75) is 0 Å². The van der Waals surface area contributed by atoms with Crippen LogP contribution in [0.15, 0.2) is 35.4 Å². The summed E-state index contributed by atoms with van der Waals surface area (Å²) >= 11 is 0. The molecule has 2 rings (SSSR count). The number of nitrogens with zero attached hydrogens (tertiary/aromatic N) is 2. The molecule has 1 aromatic heterocycles. The summed E-state index contributed by atoms with van der Waals surface area (Å²) in [5, 5.41) is 8.66. The van der Waals surface area contributed by atoms with Crippen LogP contribution in [-0.2, 0) is 0 Å². The van der Waals surface area contributed by atoms with Gasteiger partial charge in [-0.05, 0) is 12.1 Å². The molecule has 1 aromatic carbocycles. The van der Waals surface area contributed by atoms with Gasteiger partial charge in [-0.25, -0.2) is 9.78 Å². The Bertz CT molecular complexity index is 576. The number of benzene rings is 1. The monoisotopic (exact) mass is 206 g/mol. The van der Waals surface area contributed by atoms with Crippen molar-refractivity contribution >= 4 is 17.1 Å². The molecule has 0 aliphatic rings. The van der Waals surface area contributed by atoms with E-state index in [0.29, 0.717) is 15.6 Å². The number of para-hydroxylation sites is 1. The highest BCUT2D eigenvalue weighted by molar-refractivity contribution is 5.76. The van der Waals surface area contributed by atoms with Gasteiger partial charge < -0.3 is 5.11 Å². The molecule has 0 radical (unpaired) electrons. The van der Waals surface area contributed by atoms with Gasteiger partial charge in [-0.2, -0.15) is 0 Å². The van der Waals surface area contributed by atoms with Crippen molar-refractivity contribution in [1.29, 1.82) is 0 Å². The molecule has 0 saturated carbocycles. The van der Waals surface area contributed by atoms with E-state index >= 15 is 0 Å². The molecule has 2 aromatic rings. The quantitative estimate of drug-likeness (QED) is 0.734. The summed E-state index contributed by atoms with van der Waals surface area (Å²) in [5.74, 6) is 0. The van der Waals surface area contributed by atoms with Crippen molar-refractivity contribution in [3.63, 3.8) is 0 Å². The van der Waals surface area contributed by atoms with Crippen LogP contribution < -0.4 is 10.4 Å². The molecule has 0 aliphatic carbocycles. The van der Waals surface area contributed by atoms with Gasteiger partial charge in [0.2, 0.25) is 0 Å². The van der Waals surface area contributed by atoms with E-state index in [0.717, 1.165) is 6.33 Å². The maximum Gasteiger partial charge on any atom is 0.531 e. The highest BCUT2D eigenvalue weighted by atomic mass is 16.8. The van der Waals surface area contributed by atoms with Crippen LogP contribution in [0.25, 0.3) is 10.9 Å². The Balaban J connectivity index is 2.65. The first-order valence-electron chi connectivity index (χ1n) is 4.06. The topological polar surface area (TPSA) is 81.4 Å². The molecule has 15 heavy (non-hydrogen) atoms. The Labute approximate surface area is 83.3 Å². The van der Waals surface area contributed by atoms with E-state index in [-0.39, 0.29) is 0 Å². The molecule has 0 atom stereocenters. The van der Waals surface area contributed by atoms with Crippen molar-refractivity contribution in [2.24, 2.45) is 0 Å². The summed E-state index contributed by atoms with van der Waals surface area (Å²) in [4.78, 5) is 29.9. The lowest BCUT2D eigenvalue weighted by molar-refractivity contribution is 0.0773. The SMILES string of the molecule is O=C(O)On1cnc2ccccc2c1=O. The Morgan fingerprint density at radius 3 is 2.87 bits per heavy atom. The number of carbonyl (C=O) groups is 1. The van der Waals surface area contributed by atoms with E-state index in [1.54, 1.807) is 24.3 Å². The fourth-order valence-electron chi connectivity index (χ4n) is 1.20. The van der Waals surface area contributed by atoms with Crippen LogP contribution in [0.5, 0.6) is 0 Å². The summed E-state index contributed by atoms with van der Waals surface area (Å²) in [5.41, 5.74) is -0.0595. The molecule has 76 valence electrons. The van der Waals surface area contributed by atoms with Crippen LogP contribution in [0.2, 0.25) is 0 Å². The van der Waals surface area contributed by atoms with Gasteiger partial charge in [0.15, 0.2) is 0 Å². The van der Waals surface area contributed by atoms with Crippen molar-refractivity contribution in [2.75, 3.05) is 0 Å². The molecule has 1 N–H and O–H groups in total. The van der Waals surface area contributed by atoms with E-state index in [2.05, 4.69) is 9.82 Å². The molecular weight excluding hydrogens is 200 g/mol. The first-order chi connectivity index (χ1) is 7.18. The number of aromatic nitrogens is 2. The van der Waals surface area contributed by atoms with E-state index in [9.17, 15) is 9.59 Å². The zero-order valence-corrected chi connectivity index (χ0v) is 7.45. The van der Waals surface area contributed by atoms with E-state index in [1.165, 1.54) is 0 Å². The first-order valence-corrected chi connectivity index (χ1v) is 4.06. The Morgan fingerprint density at radius 1 is 1.40 bits per heavy atom.